The SMILES string of the molecule is CC(C)[C@](C)(C#N)NC(=O)CN1C(=O)[C@H]2CC=CC[C@@H]2C1=O. The van der Waals surface area contributed by atoms with Gasteiger partial charge in [-0.3, -0.25) is 19.3 Å². The van der Waals surface area contributed by atoms with Crippen LogP contribution in [0.3, 0.4) is 0 Å². The summed E-state index contributed by atoms with van der Waals surface area (Å²) < 4.78 is 0. The number of hydrogen-bond acceptors (Lipinski definition) is 4. The molecule has 2 rings (SSSR count). The highest BCUT2D eigenvalue weighted by molar-refractivity contribution is 6.07. The second-order valence-corrected chi connectivity index (χ2v) is 6.44. The maximum atomic E-state index is 12.3. The zero-order chi connectivity index (χ0) is 16.5. The lowest BCUT2D eigenvalue weighted by Crippen LogP contribution is -2.52. The van der Waals surface area contributed by atoms with E-state index in [0.717, 1.165) is 4.90 Å². The summed E-state index contributed by atoms with van der Waals surface area (Å²) in [4.78, 5) is 37.7. The number of rotatable bonds is 4. The Labute approximate surface area is 130 Å². The van der Waals surface area contributed by atoms with E-state index in [2.05, 4.69) is 11.4 Å². The van der Waals surface area contributed by atoms with Crippen molar-refractivity contribution in [1.29, 1.82) is 5.26 Å². The van der Waals surface area contributed by atoms with Crippen LogP contribution in [0.15, 0.2) is 12.2 Å². The number of amides is 3. The molecule has 1 aliphatic heterocycles. The van der Waals surface area contributed by atoms with Crippen molar-refractivity contribution in [2.75, 3.05) is 6.54 Å². The molecule has 0 aromatic carbocycles. The Balaban J connectivity index is 2.05. The van der Waals surface area contributed by atoms with Gasteiger partial charge in [0.2, 0.25) is 17.7 Å². The zero-order valence-corrected chi connectivity index (χ0v) is 13.1. The summed E-state index contributed by atoms with van der Waals surface area (Å²) in [5.41, 5.74) is -1.02. The molecule has 1 N–H and O–H groups in total. The predicted molar refractivity (Wildman–Crippen MR) is 79.1 cm³/mol. The lowest BCUT2D eigenvalue weighted by Gasteiger charge is -2.28. The topological polar surface area (TPSA) is 90.3 Å². The Hall–Kier alpha value is -2.16. The Morgan fingerprint density at radius 3 is 2.27 bits per heavy atom. The van der Waals surface area contributed by atoms with Crippen LogP contribution in [-0.2, 0) is 14.4 Å². The van der Waals surface area contributed by atoms with Crippen LogP contribution in [0.5, 0.6) is 0 Å². The third kappa shape index (κ3) is 2.76. The lowest BCUT2D eigenvalue weighted by molar-refractivity contribution is -0.144. The number of nitriles is 1. The third-order valence-electron chi connectivity index (χ3n) is 4.69. The first kappa shape index (κ1) is 16.2. The van der Waals surface area contributed by atoms with Crippen molar-refractivity contribution < 1.29 is 14.4 Å². The molecule has 0 radical (unpaired) electrons. The highest BCUT2D eigenvalue weighted by atomic mass is 16.2. The highest BCUT2D eigenvalue weighted by Crippen LogP contribution is 2.34. The molecule has 6 nitrogen and oxygen atoms in total. The molecule has 0 saturated carbocycles. The van der Waals surface area contributed by atoms with Gasteiger partial charge in [0.05, 0.1) is 17.9 Å². The second kappa shape index (κ2) is 5.91. The monoisotopic (exact) mass is 303 g/mol. The van der Waals surface area contributed by atoms with Gasteiger partial charge in [0.25, 0.3) is 0 Å². The average Bonchev–Trinajstić information content (AvgIpc) is 2.72. The van der Waals surface area contributed by atoms with Gasteiger partial charge in [0.15, 0.2) is 0 Å². The molecule has 22 heavy (non-hydrogen) atoms. The molecule has 0 spiro atoms. The number of fused-ring (bicyclic) bond motifs is 1. The normalized spacial score (nSPS) is 26.6. The van der Waals surface area contributed by atoms with Gasteiger partial charge in [-0.2, -0.15) is 5.26 Å². The molecular formula is C16H21N3O3. The van der Waals surface area contributed by atoms with E-state index in [1.54, 1.807) is 6.92 Å². The first-order valence-electron chi connectivity index (χ1n) is 7.52. The van der Waals surface area contributed by atoms with Crippen LogP contribution >= 0.6 is 0 Å². The minimum atomic E-state index is -1.02. The number of imide groups is 1. The van der Waals surface area contributed by atoms with Crippen LogP contribution < -0.4 is 5.32 Å². The fraction of sp³-hybridized carbons (Fsp3) is 0.625. The van der Waals surface area contributed by atoms with Gasteiger partial charge in [0.1, 0.15) is 12.1 Å². The van der Waals surface area contributed by atoms with Crippen LogP contribution in [0, 0.1) is 29.1 Å². The highest BCUT2D eigenvalue weighted by Gasteiger charge is 2.48. The van der Waals surface area contributed by atoms with Gasteiger partial charge in [-0.25, -0.2) is 0 Å². The summed E-state index contributed by atoms with van der Waals surface area (Å²) >= 11 is 0. The van der Waals surface area contributed by atoms with Crippen molar-refractivity contribution in [3.05, 3.63) is 12.2 Å². The Morgan fingerprint density at radius 2 is 1.86 bits per heavy atom. The quantitative estimate of drug-likeness (QED) is 0.619. The van der Waals surface area contributed by atoms with Crippen molar-refractivity contribution in [3.63, 3.8) is 0 Å². The Bertz CT molecular complexity index is 550. The summed E-state index contributed by atoms with van der Waals surface area (Å²) in [5, 5.41) is 11.8. The summed E-state index contributed by atoms with van der Waals surface area (Å²) in [6, 6.07) is 2.08. The summed E-state index contributed by atoms with van der Waals surface area (Å²) in [5.74, 6) is -1.80. The smallest absolute Gasteiger partial charge is 0.241 e. The van der Waals surface area contributed by atoms with Crippen molar-refractivity contribution in [1.82, 2.24) is 10.2 Å². The van der Waals surface area contributed by atoms with Crippen molar-refractivity contribution >= 4 is 17.7 Å². The number of nitrogens with one attached hydrogen (secondary N) is 1. The molecule has 0 bridgehead atoms. The van der Waals surface area contributed by atoms with Crippen LogP contribution in [0.1, 0.15) is 33.6 Å². The molecule has 6 heteroatoms. The first-order valence-corrected chi connectivity index (χ1v) is 7.52. The minimum Gasteiger partial charge on any atom is -0.336 e. The minimum absolute atomic E-state index is 0.0850. The standard InChI is InChI=1S/C16H21N3O3/c1-10(2)16(3,9-17)18-13(20)8-19-14(21)11-6-4-5-7-12(11)15(19)22/h4-5,10-12H,6-8H2,1-3H3,(H,18,20)/t11-,12-,16-/m0/s1. The Kier molecular flexibility index (Phi) is 4.36. The van der Waals surface area contributed by atoms with E-state index in [0.29, 0.717) is 12.8 Å². The van der Waals surface area contributed by atoms with Crippen LogP contribution in [0.25, 0.3) is 0 Å². The summed E-state index contributed by atoms with van der Waals surface area (Å²) in [7, 11) is 0. The number of allylic oxidation sites excluding steroid dienone is 2. The molecule has 0 aromatic heterocycles. The molecule has 1 fully saturated rings. The number of hydrogen-bond donors (Lipinski definition) is 1. The average molecular weight is 303 g/mol. The van der Waals surface area contributed by atoms with Crippen LogP contribution in [0.2, 0.25) is 0 Å². The van der Waals surface area contributed by atoms with Gasteiger partial charge in [-0.1, -0.05) is 26.0 Å². The van der Waals surface area contributed by atoms with Gasteiger partial charge in [-0.05, 0) is 25.7 Å². The summed E-state index contributed by atoms with van der Waals surface area (Å²) in [6.07, 6.45) is 4.91. The van der Waals surface area contributed by atoms with E-state index in [4.69, 9.17) is 0 Å². The largest absolute Gasteiger partial charge is 0.336 e. The predicted octanol–water partition coefficient (Wildman–Crippen LogP) is 0.992. The molecule has 1 aliphatic carbocycles. The van der Waals surface area contributed by atoms with E-state index < -0.39 is 11.4 Å². The van der Waals surface area contributed by atoms with Gasteiger partial charge < -0.3 is 5.32 Å². The molecule has 2 aliphatic rings. The molecule has 118 valence electrons. The van der Waals surface area contributed by atoms with Gasteiger partial charge in [-0.15, -0.1) is 0 Å². The van der Waals surface area contributed by atoms with Crippen molar-refractivity contribution in [3.8, 4) is 6.07 Å². The van der Waals surface area contributed by atoms with Crippen molar-refractivity contribution in [2.24, 2.45) is 17.8 Å². The Morgan fingerprint density at radius 1 is 1.36 bits per heavy atom. The van der Waals surface area contributed by atoms with E-state index in [9.17, 15) is 19.6 Å². The van der Waals surface area contributed by atoms with E-state index in [-0.39, 0.29) is 36.1 Å². The molecule has 0 unspecified atom stereocenters. The molecule has 0 aromatic rings. The molecular weight excluding hydrogens is 282 g/mol. The first-order chi connectivity index (χ1) is 10.3. The maximum absolute atomic E-state index is 12.3. The zero-order valence-electron chi connectivity index (χ0n) is 13.1. The van der Waals surface area contributed by atoms with E-state index in [1.807, 2.05) is 26.0 Å². The number of carbonyl (C=O) groups excluding carboxylic acids is 3. The number of carbonyl (C=O) groups is 3. The van der Waals surface area contributed by atoms with E-state index in [1.165, 1.54) is 0 Å². The molecule has 3 amide bonds. The fourth-order valence-electron chi connectivity index (χ4n) is 2.80. The van der Waals surface area contributed by atoms with E-state index >= 15 is 0 Å². The van der Waals surface area contributed by atoms with Gasteiger partial charge in [0, 0.05) is 0 Å². The number of nitrogens with zero attached hydrogens (tertiary/aromatic N) is 2. The molecule has 3 atom stereocenters. The number of likely N-dealkylation sites (tertiary alicyclic amines) is 1. The maximum Gasteiger partial charge on any atom is 0.241 e. The van der Waals surface area contributed by atoms with Crippen LogP contribution in [-0.4, -0.2) is 34.7 Å². The van der Waals surface area contributed by atoms with Gasteiger partial charge >= 0.3 is 0 Å². The molecule has 1 saturated heterocycles. The fourth-order valence-corrected chi connectivity index (χ4v) is 2.80. The summed E-state index contributed by atoms with van der Waals surface area (Å²) in [6.45, 7) is 4.98. The van der Waals surface area contributed by atoms with Crippen LogP contribution in [0.4, 0.5) is 0 Å². The molecule has 1 heterocycles. The second-order valence-electron chi connectivity index (χ2n) is 6.44. The lowest BCUT2D eigenvalue weighted by atomic mass is 9.85. The third-order valence-corrected chi connectivity index (χ3v) is 4.69. The van der Waals surface area contributed by atoms with Crippen molar-refractivity contribution in [2.45, 2.75) is 39.2 Å².